The molecule has 0 heterocycles. The highest BCUT2D eigenvalue weighted by atomic mass is 16.4. The van der Waals surface area contributed by atoms with Crippen LogP contribution in [0.15, 0.2) is 12.3 Å². The van der Waals surface area contributed by atoms with Crippen molar-refractivity contribution in [2.75, 3.05) is 0 Å². The second kappa shape index (κ2) is 2.73. The van der Waals surface area contributed by atoms with E-state index in [1.165, 1.54) is 0 Å². The lowest BCUT2D eigenvalue weighted by Crippen LogP contribution is -2.27. The molecule has 0 saturated heterocycles. The Hall–Kier alpha value is -0.990. The fraction of sp³-hybridized carbons (Fsp3) is 0.571. The number of rotatable bonds is 1. The van der Waals surface area contributed by atoms with Crippen LogP contribution >= 0.6 is 0 Å². The van der Waals surface area contributed by atoms with E-state index in [2.05, 4.69) is 11.9 Å². The van der Waals surface area contributed by atoms with Gasteiger partial charge in [0.1, 0.15) is 0 Å². The first-order chi connectivity index (χ1) is 4.34. The van der Waals surface area contributed by atoms with Gasteiger partial charge in [0.25, 0.3) is 0 Å². The molecular weight excluding hydrogens is 130 g/mol. The van der Waals surface area contributed by atoms with Gasteiger partial charge in [-0.2, -0.15) is 0 Å². The standard InChI is InChI=1S/C7H13NO2/c1-5(7(2,3)4)8-6(9)10/h8H,1H2,2-4H3,(H,9,10). The minimum absolute atomic E-state index is 0.196. The van der Waals surface area contributed by atoms with Gasteiger partial charge in [-0.1, -0.05) is 27.4 Å². The molecule has 0 atom stereocenters. The molecule has 0 rings (SSSR count). The molecule has 0 aromatic carbocycles. The van der Waals surface area contributed by atoms with Gasteiger partial charge in [-0.05, 0) is 0 Å². The fourth-order valence-electron chi connectivity index (χ4n) is 0.317. The minimum Gasteiger partial charge on any atom is -0.465 e. The second-order valence-corrected chi connectivity index (χ2v) is 3.16. The predicted molar refractivity (Wildman–Crippen MR) is 39.8 cm³/mol. The molecule has 58 valence electrons. The zero-order chi connectivity index (χ0) is 8.36. The third kappa shape index (κ3) is 3.12. The van der Waals surface area contributed by atoms with Gasteiger partial charge in [0, 0.05) is 11.1 Å². The van der Waals surface area contributed by atoms with Crippen molar-refractivity contribution in [2.45, 2.75) is 20.8 Å². The predicted octanol–water partition coefficient (Wildman–Crippen LogP) is 1.81. The molecule has 1 amide bonds. The quantitative estimate of drug-likeness (QED) is 0.588. The normalized spacial score (nSPS) is 10.7. The molecule has 0 aromatic rings. The van der Waals surface area contributed by atoms with Crippen molar-refractivity contribution in [2.24, 2.45) is 5.41 Å². The van der Waals surface area contributed by atoms with E-state index in [1.807, 2.05) is 20.8 Å². The Bertz CT molecular complexity index is 155. The molecule has 0 bridgehead atoms. The Morgan fingerprint density at radius 1 is 1.50 bits per heavy atom. The first-order valence-corrected chi connectivity index (χ1v) is 3.03. The maximum absolute atomic E-state index is 10.1. The van der Waals surface area contributed by atoms with Gasteiger partial charge < -0.3 is 5.11 Å². The van der Waals surface area contributed by atoms with Gasteiger partial charge in [0.2, 0.25) is 0 Å². The number of amides is 1. The summed E-state index contributed by atoms with van der Waals surface area (Å²) in [5.41, 5.74) is 0.318. The molecule has 0 radical (unpaired) electrons. The number of carbonyl (C=O) groups is 1. The van der Waals surface area contributed by atoms with Gasteiger partial charge >= 0.3 is 6.09 Å². The monoisotopic (exact) mass is 143 g/mol. The van der Waals surface area contributed by atoms with Gasteiger partial charge in [0.05, 0.1) is 0 Å². The van der Waals surface area contributed by atoms with Gasteiger partial charge in [-0.3, -0.25) is 5.32 Å². The Kier molecular flexibility index (Phi) is 2.46. The van der Waals surface area contributed by atoms with Crippen LogP contribution in [0.5, 0.6) is 0 Å². The molecule has 0 aliphatic carbocycles. The zero-order valence-corrected chi connectivity index (χ0v) is 6.56. The average Bonchev–Trinajstić information content (AvgIpc) is 1.60. The molecule has 10 heavy (non-hydrogen) atoms. The Morgan fingerprint density at radius 2 is 1.90 bits per heavy atom. The van der Waals surface area contributed by atoms with Crippen molar-refractivity contribution < 1.29 is 9.90 Å². The second-order valence-electron chi connectivity index (χ2n) is 3.16. The molecule has 0 aliphatic rings. The summed E-state index contributed by atoms with van der Waals surface area (Å²) in [5, 5.41) is 10.5. The van der Waals surface area contributed by atoms with Crippen molar-refractivity contribution in [3.63, 3.8) is 0 Å². The van der Waals surface area contributed by atoms with Crippen LogP contribution in [0.4, 0.5) is 4.79 Å². The molecule has 0 fully saturated rings. The molecule has 0 saturated carbocycles. The lowest BCUT2D eigenvalue weighted by atomic mass is 9.93. The summed E-state index contributed by atoms with van der Waals surface area (Å²) >= 11 is 0. The SMILES string of the molecule is C=C(NC(=O)O)C(C)(C)C. The van der Waals surface area contributed by atoms with E-state index < -0.39 is 6.09 Å². The van der Waals surface area contributed by atoms with E-state index in [9.17, 15) is 4.79 Å². The number of carboxylic acid groups (broad SMARTS) is 1. The Labute approximate surface area is 60.7 Å². The highest BCUT2D eigenvalue weighted by Crippen LogP contribution is 2.20. The van der Waals surface area contributed by atoms with Crippen LogP contribution in [-0.2, 0) is 0 Å². The van der Waals surface area contributed by atoms with Crippen molar-refractivity contribution in [1.82, 2.24) is 5.32 Å². The summed E-state index contributed by atoms with van der Waals surface area (Å²) in [6, 6.07) is 0. The molecule has 0 spiro atoms. The van der Waals surface area contributed by atoms with Crippen LogP contribution in [0.3, 0.4) is 0 Å². The van der Waals surface area contributed by atoms with Crippen molar-refractivity contribution in [3.05, 3.63) is 12.3 Å². The van der Waals surface area contributed by atoms with Gasteiger partial charge in [0.15, 0.2) is 0 Å². The Morgan fingerprint density at radius 3 is 2.00 bits per heavy atom. The summed E-state index contributed by atoms with van der Waals surface area (Å²) in [7, 11) is 0. The molecular formula is C7H13NO2. The third-order valence-corrected chi connectivity index (χ3v) is 1.16. The molecule has 3 heteroatoms. The zero-order valence-electron chi connectivity index (χ0n) is 6.56. The third-order valence-electron chi connectivity index (χ3n) is 1.16. The maximum atomic E-state index is 10.1. The van der Waals surface area contributed by atoms with Crippen molar-refractivity contribution in [1.29, 1.82) is 0 Å². The number of hydrogen-bond acceptors (Lipinski definition) is 1. The number of hydrogen-bond donors (Lipinski definition) is 2. The van der Waals surface area contributed by atoms with Gasteiger partial charge in [-0.25, -0.2) is 4.79 Å². The topological polar surface area (TPSA) is 49.3 Å². The van der Waals surface area contributed by atoms with Crippen LogP contribution in [0.1, 0.15) is 20.8 Å². The molecule has 2 N–H and O–H groups in total. The van der Waals surface area contributed by atoms with E-state index in [-0.39, 0.29) is 5.41 Å². The average molecular weight is 143 g/mol. The van der Waals surface area contributed by atoms with E-state index in [0.29, 0.717) is 5.70 Å². The minimum atomic E-state index is -1.06. The van der Waals surface area contributed by atoms with E-state index >= 15 is 0 Å². The number of allylic oxidation sites excluding steroid dienone is 1. The lowest BCUT2D eigenvalue weighted by Gasteiger charge is -2.20. The highest BCUT2D eigenvalue weighted by molar-refractivity contribution is 5.67. The van der Waals surface area contributed by atoms with Crippen LogP contribution in [0.25, 0.3) is 0 Å². The first-order valence-electron chi connectivity index (χ1n) is 3.03. The highest BCUT2D eigenvalue weighted by Gasteiger charge is 2.15. The Balaban J connectivity index is 3.99. The van der Waals surface area contributed by atoms with Crippen LogP contribution in [0.2, 0.25) is 0 Å². The van der Waals surface area contributed by atoms with E-state index in [0.717, 1.165) is 0 Å². The first kappa shape index (κ1) is 9.01. The fourth-order valence-corrected chi connectivity index (χ4v) is 0.317. The van der Waals surface area contributed by atoms with Gasteiger partial charge in [-0.15, -0.1) is 0 Å². The van der Waals surface area contributed by atoms with Crippen molar-refractivity contribution in [3.8, 4) is 0 Å². The van der Waals surface area contributed by atoms with Crippen LogP contribution < -0.4 is 5.32 Å². The molecule has 0 aliphatic heterocycles. The lowest BCUT2D eigenvalue weighted by molar-refractivity contribution is 0.195. The van der Waals surface area contributed by atoms with Crippen LogP contribution in [-0.4, -0.2) is 11.2 Å². The van der Waals surface area contributed by atoms with E-state index in [1.54, 1.807) is 0 Å². The summed E-state index contributed by atoms with van der Waals surface area (Å²) in [4.78, 5) is 10.1. The van der Waals surface area contributed by atoms with Crippen molar-refractivity contribution >= 4 is 6.09 Å². The summed E-state index contributed by atoms with van der Waals surface area (Å²) in [6.45, 7) is 9.26. The maximum Gasteiger partial charge on any atom is 0.408 e. The summed E-state index contributed by atoms with van der Waals surface area (Å²) < 4.78 is 0. The number of nitrogens with one attached hydrogen (secondary N) is 1. The van der Waals surface area contributed by atoms with E-state index in [4.69, 9.17) is 5.11 Å². The summed E-state index contributed by atoms with van der Waals surface area (Å²) in [5.74, 6) is 0. The smallest absolute Gasteiger partial charge is 0.408 e. The van der Waals surface area contributed by atoms with Crippen LogP contribution in [0, 0.1) is 5.41 Å². The largest absolute Gasteiger partial charge is 0.465 e. The summed E-state index contributed by atoms with van der Waals surface area (Å²) in [6.07, 6.45) is -1.06. The molecule has 0 aromatic heterocycles. The molecule has 3 nitrogen and oxygen atoms in total. The molecule has 0 unspecified atom stereocenters.